The van der Waals surface area contributed by atoms with Gasteiger partial charge in [-0.05, 0) is 38.2 Å². The van der Waals surface area contributed by atoms with Crippen molar-refractivity contribution < 1.29 is 9.53 Å². The third kappa shape index (κ3) is 4.07. The first-order valence-corrected chi connectivity index (χ1v) is 11.7. The molecule has 3 heterocycles. The van der Waals surface area contributed by atoms with Crippen LogP contribution in [0.2, 0.25) is 0 Å². The number of benzene rings is 1. The van der Waals surface area contributed by atoms with Crippen molar-refractivity contribution in [1.82, 2.24) is 19.4 Å². The molecule has 10 heteroatoms. The number of aryl methyl sites for hydroxylation is 1. The Morgan fingerprint density at radius 3 is 2.77 bits per heavy atom. The first-order chi connectivity index (χ1) is 14.5. The summed E-state index contributed by atoms with van der Waals surface area (Å²) in [5.41, 5.74) is 0.721. The smallest absolute Gasteiger partial charge is 0.337 e. The molecule has 1 atom stereocenters. The molecule has 1 fully saturated rings. The molecule has 0 saturated carbocycles. The monoisotopic (exact) mass is 446 g/mol. The molecular weight excluding hydrogens is 424 g/mol. The minimum absolute atomic E-state index is 0.00886. The van der Waals surface area contributed by atoms with Gasteiger partial charge in [-0.3, -0.25) is 14.2 Å². The molecule has 4 rings (SSSR count). The van der Waals surface area contributed by atoms with Gasteiger partial charge >= 0.3 is 5.69 Å². The maximum Gasteiger partial charge on any atom is 0.337 e. The van der Waals surface area contributed by atoms with Crippen LogP contribution < -0.4 is 16.6 Å². The predicted molar refractivity (Wildman–Crippen MR) is 118 cm³/mol. The second kappa shape index (κ2) is 8.75. The number of nitrogens with zero attached hydrogens (tertiary/aromatic N) is 3. The molecule has 1 saturated heterocycles. The Morgan fingerprint density at radius 2 is 2.10 bits per heavy atom. The molecule has 1 amide bonds. The van der Waals surface area contributed by atoms with E-state index in [2.05, 4.69) is 10.3 Å². The van der Waals surface area contributed by atoms with Crippen LogP contribution in [0, 0.1) is 6.92 Å². The van der Waals surface area contributed by atoms with Crippen LogP contribution in [0.3, 0.4) is 0 Å². The van der Waals surface area contributed by atoms with Crippen molar-refractivity contribution in [2.24, 2.45) is 0 Å². The Bertz CT molecular complexity index is 1190. The lowest BCUT2D eigenvalue weighted by atomic mass is 10.2. The van der Waals surface area contributed by atoms with Crippen molar-refractivity contribution in [1.29, 1.82) is 0 Å². The number of aromatic nitrogens is 3. The average molecular weight is 447 g/mol. The van der Waals surface area contributed by atoms with Gasteiger partial charge in [-0.15, -0.1) is 11.3 Å². The maximum absolute atomic E-state index is 13.3. The van der Waals surface area contributed by atoms with Gasteiger partial charge in [0.1, 0.15) is 11.2 Å². The zero-order valence-corrected chi connectivity index (χ0v) is 18.3. The summed E-state index contributed by atoms with van der Waals surface area (Å²) in [7, 11) is 0. The van der Waals surface area contributed by atoms with Crippen LogP contribution >= 0.6 is 23.1 Å². The quantitative estimate of drug-likeness (QED) is 0.582. The second-order valence-corrected chi connectivity index (χ2v) is 9.17. The van der Waals surface area contributed by atoms with E-state index in [1.807, 2.05) is 25.3 Å². The molecule has 1 aliphatic rings. The molecule has 0 spiro atoms. The van der Waals surface area contributed by atoms with Gasteiger partial charge in [0.15, 0.2) is 9.99 Å². The Kier molecular flexibility index (Phi) is 6.07. The summed E-state index contributed by atoms with van der Waals surface area (Å²) in [5, 5.41) is 2.83. The highest BCUT2D eigenvalue weighted by Crippen LogP contribution is 2.25. The first-order valence-electron chi connectivity index (χ1n) is 9.63. The van der Waals surface area contributed by atoms with Gasteiger partial charge in [-0.25, -0.2) is 14.3 Å². The van der Waals surface area contributed by atoms with Gasteiger partial charge in [-0.2, -0.15) is 0 Å². The van der Waals surface area contributed by atoms with Crippen LogP contribution in [-0.4, -0.2) is 45.5 Å². The number of carbonyl (C=O) groups excluding carboxylic acids is 1. The number of amides is 1. The summed E-state index contributed by atoms with van der Waals surface area (Å²) in [6.45, 7) is 2.83. The molecule has 3 aromatic rings. The number of hydrogen-bond donors (Lipinski definition) is 1. The number of thiazole rings is 1. The summed E-state index contributed by atoms with van der Waals surface area (Å²) < 4.78 is 8.93. The van der Waals surface area contributed by atoms with Gasteiger partial charge in [0.25, 0.3) is 5.56 Å². The van der Waals surface area contributed by atoms with E-state index in [0.29, 0.717) is 27.9 Å². The van der Waals surface area contributed by atoms with Gasteiger partial charge in [0.2, 0.25) is 5.91 Å². The largest absolute Gasteiger partial charge is 0.376 e. The zero-order chi connectivity index (χ0) is 21.3. The molecule has 1 N–H and O–H groups in total. The van der Waals surface area contributed by atoms with Crippen molar-refractivity contribution in [2.75, 3.05) is 19.4 Å². The molecular formula is C20H22N4O4S2. The topological polar surface area (TPSA) is 95.2 Å². The number of nitrogens with one attached hydrogen (secondary N) is 1. The van der Waals surface area contributed by atoms with Gasteiger partial charge < -0.3 is 10.1 Å². The molecule has 0 bridgehead atoms. The predicted octanol–water partition coefficient (Wildman–Crippen LogP) is 1.93. The number of carbonyl (C=O) groups is 1. The normalized spacial score (nSPS) is 16.3. The number of thioether (sulfide) groups is 1. The summed E-state index contributed by atoms with van der Waals surface area (Å²) in [6.07, 6.45) is 3.76. The van der Waals surface area contributed by atoms with Crippen molar-refractivity contribution in [3.63, 3.8) is 0 Å². The molecule has 0 radical (unpaired) electrons. The first kappa shape index (κ1) is 20.8. The average Bonchev–Trinajstić information content (AvgIpc) is 3.41. The SMILES string of the molecule is CSc1nc2c(s1)c(=O)n(-c1ccc(C)cc1)c(=O)n2CC(=O)NC[C@@H]1CCCO1. The third-order valence-electron chi connectivity index (χ3n) is 4.98. The number of ether oxygens (including phenoxy) is 1. The zero-order valence-electron chi connectivity index (χ0n) is 16.7. The van der Waals surface area contributed by atoms with E-state index in [-0.39, 0.29) is 24.2 Å². The summed E-state index contributed by atoms with van der Waals surface area (Å²) in [6, 6.07) is 7.12. The van der Waals surface area contributed by atoms with E-state index < -0.39 is 11.2 Å². The highest BCUT2D eigenvalue weighted by atomic mass is 32.2. The molecule has 1 aromatic carbocycles. The van der Waals surface area contributed by atoms with Crippen molar-refractivity contribution >= 4 is 39.4 Å². The number of fused-ring (bicyclic) bond motifs is 1. The highest BCUT2D eigenvalue weighted by molar-refractivity contribution is 8.00. The lowest BCUT2D eigenvalue weighted by Gasteiger charge is -2.13. The van der Waals surface area contributed by atoms with Crippen LogP contribution in [0.1, 0.15) is 18.4 Å². The minimum atomic E-state index is -0.582. The fraction of sp³-hybridized carbons (Fsp3) is 0.400. The van der Waals surface area contributed by atoms with Gasteiger partial charge in [-0.1, -0.05) is 29.5 Å². The minimum Gasteiger partial charge on any atom is -0.376 e. The molecule has 1 aliphatic heterocycles. The highest BCUT2D eigenvalue weighted by Gasteiger charge is 2.21. The molecule has 0 unspecified atom stereocenters. The van der Waals surface area contributed by atoms with E-state index in [0.717, 1.165) is 23.0 Å². The third-order valence-corrected chi connectivity index (χ3v) is 7.00. The van der Waals surface area contributed by atoms with Crippen LogP contribution in [0.5, 0.6) is 0 Å². The Balaban J connectivity index is 1.76. The number of hydrogen-bond acceptors (Lipinski definition) is 7. The molecule has 0 aliphatic carbocycles. The number of rotatable bonds is 6. The molecule has 158 valence electrons. The van der Waals surface area contributed by atoms with Crippen LogP contribution in [0.25, 0.3) is 16.0 Å². The molecule has 2 aromatic heterocycles. The van der Waals surface area contributed by atoms with Gasteiger partial charge in [0, 0.05) is 13.2 Å². The maximum atomic E-state index is 13.3. The second-order valence-electron chi connectivity index (χ2n) is 7.12. The van der Waals surface area contributed by atoms with E-state index in [1.54, 1.807) is 12.1 Å². The Hall–Kier alpha value is -2.43. The standard InChI is InChI=1S/C20H22N4O4S2/c1-12-5-7-13(8-6-12)24-18(26)16-17(22-19(29-2)30-16)23(20(24)27)11-15(25)21-10-14-4-3-9-28-14/h5-8,14H,3-4,9-11H2,1-2H3,(H,21,25)/t14-/m0/s1. The van der Waals surface area contributed by atoms with Crippen LogP contribution in [0.15, 0.2) is 38.2 Å². The van der Waals surface area contributed by atoms with Crippen LogP contribution in [0.4, 0.5) is 0 Å². The molecule has 8 nitrogen and oxygen atoms in total. The molecule has 30 heavy (non-hydrogen) atoms. The van der Waals surface area contributed by atoms with Crippen molar-refractivity contribution in [2.45, 2.75) is 36.8 Å². The summed E-state index contributed by atoms with van der Waals surface area (Å²) in [5.74, 6) is -0.318. The summed E-state index contributed by atoms with van der Waals surface area (Å²) in [4.78, 5) is 43.4. The fourth-order valence-corrected chi connectivity index (χ4v) is 4.89. The van der Waals surface area contributed by atoms with E-state index >= 15 is 0 Å². The van der Waals surface area contributed by atoms with E-state index in [4.69, 9.17) is 4.74 Å². The lowest BCUT2D eigenvalue weighted by Crippen LogP contribution is -2.42. The Morgan fingerprint density at radius 1 is 1.33 bits per heavy atom. The van der Waals surface area contributed by atoms with Gasteiger partial charge in [0.05, 0.1) is 11.8 Å². The lowest BCUT2D eigenvalue weighted by molar-refractivity contribution is -0.122. The van der Waals surface area contributed by atoms with Crippen LogP contribution in [-0.2, 0) is 16.1 Å². The van der Waals surface area contributed by atoms with Crippen molar-refractivity contribution in [3.05, 3.63) is 50.7 Å². The summed E-state index contributed by atoms with van der Waals surface area (Å²) >= 11 is 2.62. The van der Waals surface area contributed by atoms with E-state index in [9.17, 15) is 14.4 Å². The van der Waals surface area contributed by atoms with E-state index in [1.165, 1.54) is 27.7 Å². The fourth-order valence-electron chi connectivity index (χ4n) is 3.40. The Labute approximate surface area is 180 Å². The van der Waals surface area contributed by atoms with Crippen molar-refractivity contribution in [3.8, 4) is 5.69 Å².